The molecule has 5 rings (SSSR count). The van der Waals surface area contributed by atoms with Gasteiger partial charge in [0.1, 0.15) is 11.6 Å². The Morgan fingerprint density at radius 1 is 0.915 bits per heavy atom. The lowest BCUT2D eigenvalue weighted by Crippen LogP contribution is -2.71. The number of hydrogen-bond acceptors (Lipinski definition) is 10. The van der Waals surface area contributed by atoms with Crippen molar-refractivity contribution in [1.82, 2.24) is 15.1 Å². The van der Waals surface area contributed by atoms with Crippen LogP contribution in [0.25, 0.3) is 0 Å². The molecule has 2 spiro atoms. The Hall–Kier alpha value is -2.90. The molecule has 5 aliphatic heterocycles. The number of guanidine groups is 2. The van der Waals surface area contributed by atoms with Crippen molar-refractivity contribution in [3.8, 4) is 0 Å². The van der Waals surface area contributed by atoms with Gasteiger partial charge in [-0.15, -0.1) is 0 Å². The van der Waals surface area contributed by atoms with Crippen LogP contribution in [-0.4, -0.2) is 102 Å². The molecule has 1 amide bonds. The van der Waals surface area contributed by atoms with Crippen molar-refractivity contribution in [1.29, 1.82) is 0 Å². The Morgan fingerprint density at radius 3 is 2.29 bits per heavy atom. The third-order valence-corrected chi connectivity index (χ3v) is 13.4. The summed E-state index contributed by atoms with van der Waals surface area (Å²) in [6, 6.07) is 0.332. The fraction of sp³-hybridized carbons (Fsp3) is 0.870. The van der Waals surface area contributed by atoms with E-state index in [1.54, 1.807) is 0 Å². The average molecular weight is 827 g/mol. The van der Waals surface area contributed by atoms with Gasteiger partial charge in [-0.1, -0.05) is 89.7 Å². The van der Waals surface area contributed by atoms with Gasteiger partial charge < -0.3 is 46.5 Å². The van der Waals surface area contributed by atoms with E-state index in [2.05, 4.69) is 41.2 Å². The van der Waals surface area contributed by atoms with E-state index in [1.807, 2.05) is 4.90 Å². The molecule has 7 atom stereocenters. The lowest BCUT2D eigenvalue weighted by molar-refractivity contribution is -0.194. The maximum Gasteiger partial charge on any atom is 0.316 e. The third kappa shape index (κ3) is 14.1. The van der Waals surface area contributed by atoms with Gasteiger partial charge >= 0.3 is 5.97 Å². The Bertz CT molecular complexity index is 1370. The van der Waals surface area contributed by atoms with Crippen LogP contribution < -0.4 is 22.5 Å². The molecule has 0 aromatic rings. The fourth-order valence-corrected chi connectivity index (χ4v) is 10.3. The average Bonchev–Trinajstić information content (AvgIpc) is 3.52. The molecule has 336 valence electrons. The van der Waals surface area contributed by atoms with Crippen molar-refractivity contribution in [3.63, 3.8) is 0 Å². The quantitative estimate of drug-likeness (QED) is 0.0230. The number of nitrogens with two attached hydrogens (primary N) is 3. The van der Waals surface area contributed by atoms with E-state index in [1.165, 1.54) is 57.8 Å². The molecule has 13 nitrogen and oxygen atoms in total. The number of carbonyl (C=O) groups is 2. The number of esters is 1. The molecule has 13 heteroatoms. The van der Waals surface area contributed by atoms with Crippen LogP contribution in [0.1, 0.15) is 181 Å². The van der Waals surface area contributed by atoms with Gasteiger partial charge in [0, 0.05) is 38.5 Å². The third-order valence-electron chi connectivity index (χ3n) is 13.4. The molecule has 59 heavy (non-hydrogen) atoms. The van der Waals surface area contributed by atoms with Gasteiger partial charge in [0.2, 0.25) is 5.91 Å². The first kappa shape index (κ1) is 47.2. The first-order chi connectivity index (χ1) is 28.7. The minimum atomic E-state index is -0.885. The van der Waals surface area contributed by atoms with Gasteiger partial charge in [-0.2, -0.15) is 0 Å². The van der Waals surface area contributed by atoms with Crippen LogP contribution in [-0.2, 0) is 23.8 Å². The van der Waals surface area contributed by atoms with E-state index in [-0.39, 0.29) is 36.1 Å². The maximum absolute atomic E-state index is 14.1. The zero-order valence-electron chi connectivity index (χ0n) is 37.0. The summed E-state index contributed by atoms with van der Waals surface area (Å²) in [6.07, 6.45) is 31.6. The van der Waals surface area contributed by atoms with Crippen LogP contribution in [0.2, 0.25) is 0 Å². The summed E-state index contributed by atoms with van der Waals surface area (Å²) in [7, 11) is 0. The summed E-state index contributed by atoms with van der Waals surface area (Å²) >= 11 is 0. The molecule has 5 heterocycles. The number of nitrogens with zero attached hydrogens (tertiary/aromatic N) is 4. The summed E-state index contributed by atoms with van der Waals surface area (Å²) in [5.41, 5.74) is 15.2. The first-order valence-electron chi connectivity index (χ1n) is 24.1. The van der Waals surface area contributed by atoms with Crippen LogP contribution in [0.4, 0.5) is 0 Å². The summed E-state index contributed by atoms with van der Waals surface area (Å²) < 4.78 is 19.6. The molecule has 3 fully saturated rings. The zero-order valence-corrected chi connectivity index (χ0v) is 37.0. The molecule has 3 saturated heterocycles. The predicted octanol–water partition coefficient (Wildman–Crippen LogP) is 7.16. The van der Waals surface area contributed by atoms with Crippen LogP contribution in [0.15, 0.2) is 22.1 Å². The van der Waals surface area contributed by atoms with E-state index in [9.17, 15) is 9.59 Å². The summed E-state index contributed by atoms with van der Waals surface area (Å²) in [5.74, 6) is 0.692. The smallest absolute Gasteiger partial charge is 0.316 e. The number of amides is 1. The van der Waals surface area contributed by atoms with Crippen LogP contribution in [0.3, 0.4) is 0 Å². The van der Waals surface area contributed by atoms with Crippen molar-refractivity contribution in [3.05, 3.63) is 12.2 Å². The molecule has 0 aliphatic carbocycles. The van der Waals surface area contributed by atoms with Crippen molar-refractivity contribution in [2.24, 2.45) is 33.1 Å². The highest BCUT2D eigenvalue weighted by Gasteiger charge is 2.62. The van der Waals surface area contributed by atoms with Crippen LogP contribution in [0, 0.1) is 5.92 Å². The van der Waals surface area contributed by atoms with Crippen molar-refractivity contribution < 1.29 is 23.8 Å². The second-order valence-corrected chi connectivity index (χ2v) is 18.2. The highest BCUT2D eigenvalue weighted by molar-refractivity contribution is 5.87. The molecular formula is C46H82N8O5. The molecule has 7 unspecified atom stereocenters. The van der Waals surface area contributed by atoms with E-state index in [0.717, 1.165) is 122 Å². The van der Waals surface area contributed by atoms with Gasteiger partial charge in [0.15, 0.2) is 17.6 Å². The standard InChI is InChI=1S/C46H82N8O5/c1-3-38-24-16-17-28-45(59-38)35-37-26-27-39-41(46(29-21-23-36(2)58-46)52-44(51-45)54(37)39)42(56)57-34-20-14-12-10-8-6-4-5-7-9-11-13-15-25-40(55)53(33-22-30-47)32-19-18-31-50-43(48)49/h16,24,36-39,41H,3-15,17-23,25-35,47H2,1-2H3,(H,51,52)(H4,48,49,50). The number of aliphatic imine (C=N–C) groups is 2. The van der Waals surface area contributed by atoms with Crippen molar-refractivity contribution >= 4 is 23.8 Å². The Morgan fingerprint density at radius 2 is 1.61 bits per heavy atom. The van der Waals surface area contributed by atoms with E-state index in [4.69, 9.17) is 36.4 Å². The molecular weight excluding hydrogens is 745 g/mol. The molecule has 0 saturated carbocycles. The van der Waals surface area contributed by atoms with Gasteiger partial charge in [-0.25, -0.2) is 4.99 Å². The maximum atomic E-state index is 14.1. The topological polar surface area (TPSA) is 183 Å². The highest BCUT2D eigenvalue weighted by atomic mass is 16.6. The second-order valence-electron chi connectivity index (χ2n) is 18.2. The minimum Gasteiger partial charge on any atom is -0.465 e. The Balaban J connectivity index is 0.925. The molecule has 0 radical (unpaired) electrons. The monoisotopic (exact) mass is 827 g/mol. The SMILES string of the molecule is CCC1C=CCCC2(CC3CCC4C(C(=O)OCCCCCCCCCCCCCCCC(=O)N(CCCN)CCCCN=C(N)N)C5(CCCC(C)O5)N=C(N2)N34)O1. The van der Waals surface area contributed by atoms with Crippen molar-refractivity contribution in [2.75, 3.05) is 32.8 Å². The number of rotatable bonds is 26. The van der Waals surface area contributed by atoms with Crippen molar-refractivity contribution in [2.45, 2.75) is 217 Å². The normalized spacial score (nSPS) is 28.5. The van der Waals surface area contributed by atoms with E-state index < -0.39 is 17.4 Å². The van der Waals surface area contributed by atoms with Crippen LogP contribution in [0.5, 0.6) is 0 Å². The van der Waals surface area contributed by atoms with Gasteiger partial charge in [-0.3, -0.25) is 14.6 Å². The van der Waals surface area contributed by atoms with Gasteiger partial charge in [-0.05, 0) is 96.9 Å². The van der Waals surface area contributed by atoms with Gasteiger partial charge in [0.25, 0.3) is 0 Å². The number of nitrogens with one attached hydrogen (secondary N) is 1. The molecule has 7 N–H and O–H groups in total. The Kier molecular flexibility index (Phi) is 19.6. The van der Waals surface area contributed by atoms with E-state index >= 15 is 0 Å². The Labute approximate surface area is 356 Å². The largest absolute Gasteiger partial charge is 0.465 e. The van der Waals surface area contributed by atoms with E-state index in [0.29, 0.717) is 32.2 Å². The lowest BCUT2D eigenvalue weighted by Gasteiger charge is -2.55. The lowest BCUT2D eigenvalue weighted by atomic mass is 9.80. The molecule has 5 aliphatic rings. The van der Waals surface area contributed by atoms with Crippen LogP contribution >= 0.6 is 0 Å². The molecule has 0 aromatic heterocycles. The summed E-state index contributed by atoms with van der Waals surface area (Å²) in [6.45, 7) is 7.44. The molecule has 0 bridgehead atoms. The minimum absolute atomic E-state index is 0.0327. The summed E-state index contributed by atoms with van der Waals surface area (Å²) in [4.78, 5) is 40.6. The molecule has 0 aromatic carbocycles. The summed E-state index contributed by atoms with van der Waals surface area (Å²) in [5, 5.41) is 3.80. The number of ether oxygens (including phenoxy) is 3. The first-order valence-corrected chi connectivity index (χ1v) is 24.1. The fourth-order valence-electron chi connectivity index (χ4n) is 10.3. The number of hydrogen-bond donors (Lipinski definition) is 4. The predicted molar refractivity (Wildman–Crippen MR) is 236 cm³/mol. The number of unbranched alkanes of at least 4 members (excludes halogenated alkanes) is 13. The second kappa shape index (κ2) is 24.5. The van der Waals surface area contributed by atoms with Gasteiger partial charge in [0.05, 0.1) is 24.9 Å². The number of carbonyl (C=O) groups excluding carboxylic acids is 2. The zero-order chi connectivity index (χ0) is 41.9. The number of allylic oxidation sites excluding steroid dienone is 1. The highest BCUT2D eigenvalue weighted by Crippen LogP contribution is 2.50.